The maximum absolute atomic E-state index is 11.4. The second-order valence-electron chi connectivity index (χ2n) is 5.45. The van der Waals surface area contributed by atoms with Gasteiger partial charge in [-0.25, -0.2) is 0 Å². The topological polar surface area (TPSA) is 40.5 Å². The summed E-state index contributed by atoms with van der Waals surface area (Å²) in [5, 5.41) is 1.07. The standard InChI is InChI=1S/C19H19NO3/c1-13-16-10-9-15(11-21)19(23-12-22-3)18(16)20(2)17(13)14-7-5-4-6-8-14/h4-11H,12H2,1-3H3. The molecule has 0 atom stereocenters. The molecule has 118 valence electrons. The van der Waals surface area contributed by atoms with Crippen molar-refractivity contribution in [2.24, 2.45) is 7.05 Å². The first-order chi connectivity index (χ1) is 11.2. The molecule has 0 saturated carbocycles. The average Bonchev–Trinajstić information content (AvgIpc) is 2.84. The lowest BCUT2D eigenvalue weighted by Crippen LogP contribution is -2.04. The number of hydrogen-bond donors (Lipinski definition) is 0. The summed E-state index contributed by atoms with van der Waals surface area (Å²) in [6, 6.07) is 14.0. The van der Waals surface area contributed by atoms with Gasteiger partial charge in [0.1, 0.15) is 0 Å². The van der Waals surface area contributed by atoms with E-state index in [4.69, 9.17) is 9.47 Å². The third-order valence-corrected chi connectivity index (χ3v) is 4.09. The summed E-state index contributed by atoms with van der Waals surface area (Å²) in [6.07, 6.45) is 0.814. The minimum Gasteiger partial charge on any atom is -0.465 e. The number of aldehydes is 1. The van der Waals surface area contributed by atoms with Gasteiger partial charge in [0.25, 0.3) is 0 Å². The van der Waals surface area contributed by atoms with E-state index in [9.17, 15) is 4.79 Å². The molecule has 4 heteroatoms. The summed E-state index contributed by atoms with van der Waals surface area (Å²) < 4.78 is 12.8. The zero-order valence-corrected chi connectivity index (χ0v) is 13.5. The van der Waals surface area contributed by atoms with Crippen LogP contribution in [0.1, 0.15) is 15.9 Å². The van der Waals surface area contributed by atoms with Crippen LogP contribution in [0, 0.1) is 6.92 Å². The van der Waals surface area contributed by atoms with Gasteiger partial charge in [-0.2, -0.15) is 0 Å². The number of aryl methyl sites for hydroxylation is 2. The van der Waals surface area contributed by atoms with Gasteiger partial charge in [0.2, 0.25) is 0 Å². The van der Waals surface area contributed by atoms with Crippen LogP contribution in [0.5, 0.6) is 5.75 Å². The maximum Gasteiger partial charge on any atom is 0.188 e. The quantitative estimate of drug-likeness (QED) is 0.529. The van der Waals surface area contributed by atoms with Crippen LogP contribution in [0.3, 0.4) is 0 Å². The molecule has 0 bridgehead atoms. The first-order valence-corrected chi connectivity index (χ1v) is 7.43. The largest absolute Gasteiger partial charge is 0.465 e. The van der Waals surface area contributed by atoms with Crippen LogP contribution in [-0.4, -0.2) is 24.8 Å². The summed E-state index contributed by atoms with van der Waals surface area (Å²) in [4.78, 5) is 11.4. The van der Waals surface area contributed by atoms with E-state index in [1.54, 1.807) is 13.2 Å². The summed E-state index contributed by atoms with van der Waals surface area (Å²) in [5.41, 5.74) is 4.84. The molecule has 0 aliphatic rings. The van der Waals surface area contributed by atoms with Crippen LogP contribution in [0.15, 0.2) is 42.5 Å². The summed E-state index contributed by atoms with van der Waals surface area (Å²) in [7, 11) is 3.55. The minimum absolute atomic E-state index is 0.102. The third kappa shape index (κ3) is 2.51. The summed E-state index contributed by atoms with van der Waals surface area (Å²) in [5.74, 6) is 0.562. The molecule has 23 heavy (non-hydrogen) atoms. The Morgan fingerprint density at radius 1 is 1.13 bits per heavy atom. The van der Waals surface area contributed by atoms with E-state index in [2.05, 4.69) is 23.6 Å². The average molecular weight is 309 g/mol. The van der Waals surface area contributed by atoms with Gasteiger partial charge >= 0.3 is 0 Å². The third-order valence-electron chi connectivity index (χ3n) is 4.09. The lowest BCUT2D eigenvalue weighted by atomic mass is 10.1. The molecular weight excluding hydrogens is 290 g/mol. The fraction of sp³-hybridized carbons (Fsp3) is 0.211. The molecular formula is C19H19NO3. The molecule has 1 aromatic heterocycles. The second-order valence-corrected chi connectivity index (χ2v) is 5.45. The first-order valence-electron chi connectivity index (χ1n) is 7.43. The highest BCUT2D eigenvalue weighted by Gasteiger charge is 2.19. The van der Waals surface area contributed by atoms with E-state index in [-0.39, 0.29) is 6.79 Å². The molecule has 0 N–H and O–H groups in total. The fourth-order valence-electron chi connectivity index (χ4n) is 3.08. The first kappa shape index (κ1) is 15.3. The number of rotatable bonds is 5. The monoisotopic (exact) mass is 309 g/mol. The van der Waals surface area contributed by atoms with Gasteiger partial charge in [-0.1, -0.05) is 36.4 Å². The van der Waals surface area contributed by atoms with Gasteiger partial charge in [-0.3, -0.25) is 4.79 Å². The molecule has 0 spiro atoms. The smallest absolute Gasteiger partial charge is 0.188 e. The Morgan fingerprint density at radius 2 is 1.87 bits per heavy atom. The van der Waals surface area contributed by atoms with Crippen molar-refractivity contribution in [2.45, 2.75) is 6.92 Å². The number of hydrogen-bond acceptors (Lipinski definition) is 3. The molecule has 3 rings (SSSR count). The predicted octanol–water partition coefficient (Wildman–Crippen LogP) is 3.95. The van der Waals surface area contributed by atoms with Gasteiger partial charge in [-0.15, -0.1) is 0 Å². The van der Waals surface area contributed by atoms with E-state index in [0.717, 1.165) is 34.0 Å². The SMILES string of the molecule is COCOc1c(C=O)ccc2c(C)c(-c3ccccc3)n(C)c12. The fourth-order valence-corrected chi connectivity index (χ4v) is 3.08. The predicted molar refractivity (Wildman–Crippen MR) is 91.0 cm³/mol. The lowest BCUT2D eigenvalue weighted by molar-refractivity contribution is 0.0514. The van der Waals surface area contributed by atoms with Gasteiger partial charge in [0, 0.05) is 19.5 Å². The number of nitrogens with zero attached hydrogens (tertiary/aromatic N) is 1. The molecule has 0 aliphatic heterocycles. The number of carbonyl (C=O) groups excluding carboxylic acids is 1. The highest BCUT2D eigenvalue weighted by atomic mass is 16.7. The van der Waals surface area contributed by atoms with Crippen molar-refractivity contribution >= 4 is 17.2 Å². The maximum atomic E-state index is 11.4. The van der Waals surface area contributed by atoms with E-state index >= 15 is 0 Å². The molecule has 0 radical (unpaired) electrons. The minimum atomic E-state index is 0.102. The summed E-state index contributed by atoms with van der Waals surface area (Å²) >= 11 is 0. The Bertz CT molecular complexity index is 850. The molecule has 0 saturated heterocycles. The normalized spacial score (nSPS) is 10.9. The number of benzene rings is 2. The Labute approximate surface area is 135 Å². The zero-order chi connectivity index (χ0) is 16.4. The number of methoxy groups -OCH3 is 1. The number of aromatic nitrogens is 1. The van der Waals surface area contributed by atoms with E-state index in [1.165, 1.54) is 0 Å². The highest BCUT2D eigenvalue weighted by molar-refractivity contribution is 6.00. The van der Waals surface area contributed by atoms with E-state index in [0.29, 0.717) is 11.3 Å². The van der Waals surface area contributed by atoms with Crippen molar-refractivity contribution in [3.8, 4) is 17.0 Å². The van der Waals surface area contributed by atoms with Crippen molar-refractivity contribution in [3.05, 3.63) is 53.6 Å². The summed E-state index contributed by atoms with van der Waals surface area (Å²) in [6.45, 7) is 2.19. The molecule has 0 unspecified atom stereocenters. The molecule has 3 aromatic rings. The highest BCUT2D eigenvalue weighted by Crippen LogP contribution is 2.38. The van der Waals surface area contributed by atoms with E-state index in [1.807, 2.05) is 31.3 Å². The van der Waals surface area contributed by atoms with E-state index < -0.39 is 0 Å². The van der Waals surface area contributed by atoms with Crippen LogP contribution >= 0.6 is 0 Å². The Kier molecular flexibility index (Phi) is 4.17. The molecule has 0 amide bonds. The van der Waals surface area contributed by atoms with Crippen LogP contribution in [0.2, 0.25) is 0 Å². The molecule has 0 fully saturated rings. The van der Waals surface area contributed by atoms with Crippen molar-refractivity contribution in [1.82, 2.24) is 4.57 Å². The Balaban J connectivity index is 2.32. The Morgan fingerprint density at radius 3 is 2.52 bits per heavy atom. The van der Waals surface area contributed by atoms with Crippen molar-refractivity contribution < 1.29 is 14.3 Å². The molecule has 4 nitrogen and oxygen atoms in total. The van der Waals surface area contributed by atoms with Gasteiger partial charge in [0.15, 0.2) is 18.8 Å². The Hall–Kier alpha value is -2.59. The second kappa shape index (κ2) is 6.26. The molecule has 0 aliphatic carbocycles. The van der Waals surface area contributed by atoms with Gasteiger partial charge in [-0.05, 0) is 24.1 Å². The van der Waals surface area contributed by atoms with Crippen LogP contribution in [0.25, 0.3) is 22.2 Å². The van der Waals surface area contributed by atoms with Crippen molar-refractivity contribution in [3.63, 3.8) is 0 Å². The van der Waals surface area contributed by atoms with Gasteiger partial charge in [0.05, 0.1) is 16.8 Å². The number of carbonyl (C=O) groups is 1. The van der Waals surface area contributed by atoms with Crippen LogP contribution in [0.4, 0.5) is 0 Å². The molecule has 2 aromatic carbocycles. The van der Waals surface area contributed by atoms with Crippen molar-refractivity contribution in [1.29, 1.82) is 0 Å². The number of ether oxygens (including phenoxy) is 2. The number of fused-ring (bicyclic) bond motifs is 1. The lowest BCUT2D eigenvalue weighted by Gasteiger charge is -2.11. The van der Waals surface area contributed by atoms with Gasteiger partial charge < -0.3 is 14.0 Å². The van der Waals surface area contributed by atoms with Crippen LogP contribution < -0.4 is 4.74 Å². The van der Waals surface area contributed by atoms with Crippen molar-refractivity contribution in [2.75, 3.05) is 13.9 Å². The zero-order valence-electron chi connectivity index (χ0n) is 13.5. The van der Waals surface area contributed by atoms with Crippen LogP contribution in [-0.2, 0) is 11.8 Å². The molecule has 1 heterocycles.